The number of hydrogen-bond acceptors (Lipinski definition) is 5. The van der Waals surface area contributed by atoms with Crippen LogP contribution >= 0.6 is 0 Å². The molecule has 0 aliphatic carbocycles. The molecule has 0 amide bonds. The van der Waals surface area contributed by atoms with Gasteiger partial charge in [-0.15, -0.1) is 0 Å². The van der Waals surface area contributed by atoms with Crippen LogP contribution in [0.5, 0.6) is 0 Å². The average Bonchev–Trinajstić information content (AvgIpc) is 2.87. The maximum atomic E-state index is 9.81. The molecule has 0 unspecified atom stereocenters. The Hall–Kier alpha value is -1.20. The molecule has 1 N–H and O–H groups in total. The van der Waals surface area contributed by atoms with Crippen LogP contribution in [0.25, 0.3) is 0 Å². The van der Waals surface area contributed by atoms with Crippen LogP contribution in [0.15, 0.2) is 12.4 Å². The molecule has 0 bridgehead atoms. The van der Waals surface area contributed by atoms with E-state index in [-0.39, 0.29) is 12.0 Å². The number of aromatic nitrogens is 2. The zero-order valence-corrected chi connectivity index (χ0v) is 12.2. The molecule has 1 aromatic heterocycles. The lowest BCUT2D eigenvalue weighted by Gasteiger charge is -2.36. The van der Waals surface area contributed by atoms with Crippen molar-refractivity contribution in [1.29, 1.82) is 0 Å². The molecular weight excluding hydrogens is 254 g/mol. The Morgan fingerprint density at radius 2 is 2.20 bits per heavy atom. The van der Waals surface area contributed by atoms with Gasteiger partial charge in [-0.05, 0) is 17.9 Å². The van der Waals surface area contributed by atoms with E-state index in [0.29, 0.717) is 11.8 Å². The summed E-state index contributed by atoms with van der Waals surface area (Å²) in [6.07, 6.45) is 4.75. The highest BCUT2D eigenvalue weighted by Crippen LogP contribution is 2.42. The monoisotopic (exact) mass is 277 g/mol. The summed E-state index contributed by atoms with van der Waals surface area (Å²) in [6.45, 7) is 7.70. The van der Waals surface area contributed by atoms with Crippen LogP contribution in [-0.2, 0) is 4.74 Å². The van der Waals surface area contributed by atoms with E-state index in [9.17, 15) is 5.11 Å². The quantitative estimate of drug-likeness (QED) is 0.906. The molecule has 20 heavy (non-hydrogen) atoms. The van der Waals surface area contributed by atoms with E-state index in [1.807, 2.05) is 12.4 Å². The Morgan fingerprint density at radius 3 is 2.80 bits per heavy atom. The normalized spacial score (nSPS) is 29.8. The SMILES string of the molecule is CC(C)c1cnc(N2C[C@@H]3COCC[C@]3(CO)C2)nc1. The van der Waals surface area contributed by atoms with Gasteiger partial charge in [0.25, 0.3) is 0 Å². The first-order valence-corrected chi connectivity index (χ1v) is 7.40. The molecule has 3 heterocycles. The highest BCUT2D eigenvalue weighted by Gasteiger charge is 2.48. The first-order chi connectivity index (χ1) is 9.64. The Balaban J connectivity index is 1.78. The first-order valence-electron chi connectivity index (χ1n) is 7.40. The third-order valence-corrected chi connectivity index (χ3v) is 4.80. The number of aliphatic hydroxyl groups excluding tert-OH is 1. The molecule has 0 aromatic carbocycles. The summed E-state index contributed by atoms with van der Waals surface area (Å²) < 4.78 is 5.57. The maximum absolute atomic E-state index is 9.81. The Morgan fingerprint density at radius 1 is 1.45 bits per heavy atom. The summed E-state index contributed by atoms with van der Waals surface area (Å²) in [4.78, 5) is 11.2. The molecule has 5 heteroatoms. The van der Waals surface area contributed by atoms with Gasteiger partial charge in [-0.25, -0.2) is 9.97 Å². The van der Waals surface area contributed by atoms with Crippen LogP contribution in [0.4, 0.5) is 5.95 Å². The fourth-order valence-electron chi connectivity index (χ4n) is 3.25. The second-order valence-corrected chi connectivity index (χ2v) is 6.39. The van der Waals surface area contributed by atoms with Gasteiger partial charge in [0.2, 0.25) is 5.95 Å². The fraction of sp³-hybridized carbons (Fsp3) is 0.733. The number of hydrogen-bond donors (Lipinski definition) is 1. The third-order valence-electron chi connectivity index (χ3n) is 4.80. The molecule has 0 spiro atoms. The Kier molecular flexibility index (Phi) is 3.65. The molecule has 2 saturated heterocycles. The minimum atomic E-state index is -0.0294. The lowest BCUT2D eigenvalue weighted by Crippen LogP contribution is -2.41. The van der Waals surface area contributed by atoms with Crippen LogP contribution in [0.3, 0.4) is 0 Å². The standard InChI is InChI=1S/C15H23N3O2/c1-11(2)12-5-16-14(17-6-12)18-7-13-8-20-4-3-15(13,9-18)10-19/h5-6,11,13,19H,3-4,7-10H2,1-2H3/t13-,15-/m1/s1. The third kappa shape index (κ3) is 2.29. The number of ether oxygens (including phenoxy) is 1. The molecule has 2 atom stereocenters. The van der Waals surface area contributed by atoms with Gasteiger partial charge in [-0.3, -0.25) is 0 Å². The number of rotatable bonds is 3. The predicted octanol–water partition coefficient (Wildman–Crippen LogP) is 1.44. The summed E-state index contributed by atoms with van der Waals surface area (Å²) in [5, 5.41) is 9.81. The number of fused-ring (bicyclic) bond motifs is 1. The molecule has 5 nitrogen and oxygen atoms in total. The maximum Gasteiger partial charge on any atom is 0.225 e. The van der Waals surface area contributed by atoms with Crippen molar-refractivity contribution < 1.29 is 9.84 Å². The van der Waals surface area contributed by atoms with Crippen molar-refractivity contribution >= 4 is 5.95 Å². The van der Waals surface area contributed by atoms with Crippen molar-refractivity contribution in [2.45, 2.75) is 26.2 Å². The van der Waals surface area contributed by atoms with E-state index in [1.165, 1.54) is 0 Å². The Labute approximate surface area is 120 Å². The van der Waals surface area contributed by atoms with Crippen LogP contribution in [0.2, 0.25) is 0 Å². The minimum Gasteiger partial charge on any atom is -0.396 e. The second-order valence-electron chi connectivity index (χ2n) is 6.39. The van der Waals surface area contributed by atoms with E-state index in [0.717, 1.165) is 44.2 Å². The zero-order valence-electron chi connectivity index (χ0n) is 12.2. The van der Waals surface area contributed by atoms with Gasteiger partial charge in [-0.2, -0.15) is 0 Å². The van der Waals surface area contributed by atoms with Gasteiger partial charge in [0.15, 0.2) is 0 Å². The fourth-order valence-corrected chi connectivity index (χ4v) is 3.25. The second kappa shape index (κ2) is 5.30. The highest BCUT2D eigenvalue weighted by molar-refractivity contribution is 5.34. The van der Waals surface area contributed by atoms with E-state index >= 15 is 0 Å². The topological polar surface area (TPSA) is 58.5 Å². The molecule has 3 rings (SSSR count). The van der Waals surface area contributed by atoms with Crippen molar-refractivity contribution in [1.82, 2.24) is 9.97 Å². The van der Waals surface area contributed by atoms with Crippen molar-refractivity contribution in [3.8, 4) is 0 Å². The highest BCUT2D eigenvalue weighted by atomic mass is 16.5. The summed E-state index contributed by atoms with van der Waals surface area (Å²) in [7, 11) is 0. The van der Waals surface area contributed by atoms with Crippen molar-refractivity contribution in [2.75, 3.05) is 37.8 Å². The average molecular weight is 277 g/mol. The lowest BCUT2D eigenvalue weighted by atomic mass is 9.75. The molecular formula is C15H23N3O2. The van der Waals surface area contributed by atoms with E-state index in [2.05, 4.69) is 28.7 Å². The number of aliphatic hydroxyl groups is 1. The van der Waals surface area contributed by atoms with Crippen LogP contribution < -0.4 is 4.90 Å². The van der Waals surface area contributed by atoms with Crippen LogP contribution in [-0.4, -0.2) is 48.0 Å². The number of nitrogens with zero attached hydrogens (tertiary/aromatic N) is 3. The van der Waals surface area contributed by atoms with Crippen molar-refractivity contribution in [2.24, 2.45) is 11.3 Å². The first kappa shape index (κ1) is 13.8. The minimum absolute atomic E-state index is 0.0294. The van der Waals surface area contributed by atoms with Crippen molar-refractivity contribution in [3.63, 3.8) is 0 Å². The summed E-state index contributed by atoms with van der Waals surface area (Å²) >= 11 is 0. The van der Waals surface area contributed by atoms with Gasteiger partial charge in [-0.1, -0.05) is 13.8 Å². The largest absolute Gasteiger partial charge is 0.396 e. The zero-order chi connectivity index (χ0) is 14.2. The van der Waals surface area contributed by atoms with Crippen molar-refractivity contribution in [3.05, 3.63) is 18.0 Å². The molecule has 2 aliphatic rings. The molecule has 1 aromatic rings. The number of anilines is 1. The van der Waals surface area contributed by atoms with Gasteiger partial charge >= 0.3 is 0 Å². The smallest absolute Gasteiger partial charge is 0.225 e. The Bertz CT molecular complexity index is 463. The van der Waals surface area contributed by atoms with Gasteiger partial charge < -0.3 is 14.7 Å². The molecule has 110 valence electrons. The summed E-state index contributed by atoms with van der Waals surface area (Å²) in [5.41, 5.74) is 1.13. The summed E-state index contributed by atoms with van der Waals surface area (Å²) in [6, 6.07) is 0. The van der Waals surface area contributed by atoms with Gasteiger partial charge in [0.05, 0.1) is 13.2 Å². The molecule has 2 fully saturated rings. The van der Waals surface area contributed by atoms with Crippen LogP contribution in [0.1, 0.15) is 31.7 Å². The van der Waals surface area contributed by atoms with Gasteiger partial charge in [0.1, 0.15) is 0 Å². The predicted molar refractivity (Wildman–Crippen MR) is 76.8 cm³/mol. The molecule has 0 saturated carbocycles. The van der Waals surface area contributed by atoms with E-state index in [4.69, 9.17) is 4.74 Å². The van der Waals surface area contributed by atoms with Gasteiger partial charge in [0, 0.05) is 43.4 Å². The summed E-state index contributed by atoms with van der Waals surface area (Å²) in [5.74, 6) is 1.61. The molecule has 0 radical (unpaired) electrons. The van der Waals surface area contributed by atoms with Crippen LogP contribution in [0, 0.1) is 11.3 Å². The van der Waals surface area contributed by atoms with E-state index in [1.54, 1.807) is 0 Å². The molecule has 2 aliphatic heterocycles. The lowest BCUT2D eigenvalue weighted by molar-refractivity contribution is -0.0410. The van der Waals surface area contributed by atoms with E-state index < -0.39 is 0 Å².